The van der Waals surface area contributed by atoms with Gasteiger partial charge in [-0.15, -0.1) is 0 Å². The standard InChI is InChI=1S/C19H25N5O3/c1-14-18(15(2)27-22-14)19(26)21-20-17(25)8-9-23-10-12-24(13-11-23)16-6-4-3-5-7-16/h3-7H,8-13H2,1-2H3,(H,20,25)(H,21,26). The van der Waals surface area contributed by atoms with Crippen LogP contribution in [-0.2, 0) is 4.79 Å². The maximum atomic E-state index is 12.1. The van der Waals surface area contributed by atoms with Crippen molar-refractivity contribution in [1.82, 2.24) is 20.9 Å². The first-order valence-electron chi connectivity index (χ1n) is 9.09. The molecule has 0 saturated carbocycles. The highest BCUT2D eigenvalue weighted by Gasteiger charge is 2.19. The molecule has 8 heteroatoms. The van der Waals surface area contributed by atoms with E-state index in [1.807, 2.05) is 18.2 Å². The molecule has 144 valence electrons. The highest BCUT2D eigenvalue weighted by atomic mass is 16.5. The van der Waals surface area contributed by atoms with E-state index >= 15 is 0 Å². The van der Waals surface area contributed by atoms with Crippen LogP contribution in [0.1, 0.15) is 28.2 Å². The van der Waals surface area contributed by atoms with Gasteiger partial charge in [-0.1, -0.05) is 23.4 Å². The Labute approximate surface area is 158 Å². The highest BCUT2D eigenvalue weighted by Crippen LogP contribution is 2.15. The second kappa shape index (κ2) is 8.68. The van der Waals surface area contributed by atoms with Crippen molar-refractivity contribution >= 4 is 17.5 Å². The largest absolute Gasteiger partial charge is 0.369 e. The van der Waals surface area contributed by atoms with Gasteiger partial charge in [0, 0.05) is 44.8 Å². The first kappa shape index (κ1) is 18.9. The molecule has 1 aromatic heterocycles. The van der Waals surface area contributed by atoms with E-state index in [9.17, 15) is 9.59 Å². The van der Waals surface area contributed by atoms with Gasteiger partial charge in [0.1, 0.15) is 11.3 Å². The molecule has 1 aromatic carbocycles. The molecule has 0 spiro atoms. The Hall–Kier alpha value is -2.87. The number of nitrogens with one attached hydrogen (secondary N) is 2. The number of benzene rings is 1. The topological polar surface area (TPSA) is 90.7 Å². The van der Waals surface area contributed by atoms with E-state index in [1.165, 1.54) is 5.69 Å². The fourth-order valence-electron chi connectivity index (χ4n) is 3.19. The third-order valence-electron chi connectivity index (χ3n) is 4.72. The van der Waals surface area contributed by atoms with Crippen molar-refractivity contribution in [3.8, 4) is 0 Å². The number of nitrogens with zero attached hydrogens (tertiary/aromatic N) is 3. The van der Waals surface area contributed by atoms with Gasteiger partial charge in [-0.3, -0.25) is 25.3 Å². The zero-order valence-corrected chi connectivity index (χ0v) is 15.7. The smallest absolute Gasteiger partial charge is 0.275 e. The fourth-order valence-corrected chi connectivity index (χ4v) is 3.19. The molecule has 0 atom stereocenters. The summed E-state index contributed by atoms with van der Waals surface area (Å²) in [7, 11) is 0. The summed E-state index contributed by atoms with van der Waals surface area (Å²) in [6.07, 6.45) is 0.327. The molecule has 1 aliphatic rings. The molecule has 2 aromatic rings. The number of carbonyl (C=O) groups is 2. The lowest BCUT2D eigenvalue weighted by Crippen LogP contribution is -2.48. The van der Waals surface area contributed by atoms with Crippen molar-refractivity contribution in [2.75, 3.05) is 37.6 Å². The lowest BCUT2D eigenvalue weighted by atomic mass is 10.2. The van der Waals surface area contributed by atoms with Gasteiger partial charge < -0.3 is 9.42 Å². The Morgan fingerprint density at radius 1 is 1.07 bits per heavy atom. The lowest BCUT2D eigenvalue weighted by molar-refractivity contribution is -0.122. The van der Waals surface area contributed by atoms with Gasteiger partial charge in [0.25, 0.3) is 5.91 Å². The van der Waals surface area contributed by atoms with Gasteiger partial charge >= 0.3 is 0 Å². The van der Waals surface area contributed by atoms with Crippen LogP contribution >= 0.6 is 0 Å². The number of carbonyl (C=O) groups excluding carboxylic acids is 2. The molecule has 0 bridgehead atoms. The zero-order chi connectivity index (χ0) is 19.2. The Balaban J connectivity index is 1.37. The minimum atomic E-state index is -0.420. The normalized spacial score (nSPS) is 14.8. The first-order chi connectivity index (χ1) is 13.0. The summed E-state index contributed by atoms with van der Waals surface area (Å²) in [4.78, 5) is 28.7. The van der Waals surface area contributed by atoms with Crippen LogP contribution in [0.15, 0.2) is 34.9 Å². The van der Waals surface area contributed by atoms with Crippen molar-refractivity contribution in [2.45, 2.75) is 20.3 Å². The third-order valence-corrected chi connectivity index (χ3v) is 4.72. The van der Waals surface area contributed by atoms with Crippen molar-refractivity contribution in [2.24, 2.45) is 0 Å². The number of para-hydroxylation sites is 1. The molecular weight excluding hydrogens is 346 g/mol. The van der Waals surface area contributed by atoms with E-state index < -0.39 is 5.91 Å². The van der Waals surface area contributed by atoms with Crippen molar-refractivity contribution in [3.63, 3.8) is 0 Å². The highest BCUT2D eigenvalue weighted by molar-refractivity contribution is 5.97. The van der Waals surface area contributed by atoms with E-state index in [0.29, 0.717) is 30.0 Å². The maximum absolute atomic E-state index is 12.1. The number of aryl methyl sites for hydroxylation is 2. The van der Waals surface area contributed by atoms with Crippen LogP contribution in [0, 0.1) is 13.8 Å². The second-order valence-electron chi connectivity index (χ2n) is 6.62. The van der Waals surface area contributed by atoms with Crippen LogP contribution in [-0.4, -0.2) is 54.6 Å². The number of piperazine rings is 1. The predicted molar refractivity (Wildman–Crippen MR) is 101 cm³/mol. The van der Waals surface area contributed by atoms with Crippen LogP contribution in [0.4, 0.5) is 5.69 Å². The van der Waals surface area contributed by atoms with Crippen molar-refractivity contribution in [1.29, 1.82) is 0 Å². The number of hydrogen-bond donors (Lipinski definition) is 2. The molecule has 3 rings (SSSR count). The predicted octanol–water partition coefficient (Wildman–Crippen LogP) is 1.26. The van der Waals surface area contributed by atoms with Gasteiger partial charge in [-0.2, -0.15) is 0 Å². The molecule has 0 radical (unpaired) electrons. The van der Waals surface area contributed by atoms with Gasteiger partial charge in [0.2, 0.25) is 5.91 Å². The average molecular weight is 371 g/mol. The van der Waals surface area contributed by atoms with E-state index in [1.54, 1.807) is 13.8 Å². The van der Waals surface area contributed by atoms with E-state index in [0.717, 1.165) is 26.2 Å². The molecule has 1 fully saturated rings. The first-order valence-corrected chi connectivity index (χ1v) is 9.09. The van der Waals surface area contributed by atoms with Gasteiger partial charge in [0.15, 0.2) is 0 Å². The summed E-state index contributed by atoms with van der Waals surface area (Å²) in [5.41, 5.74) is 6.96. The van der Waals surface area contributed by atoms with Crippen LogP contribution in [0.5, 0.6) is 0 Å². The Morgan fingerprint density at radius 3 is 2.41 bits per heavy atom. The Kier molecular flexibility index (Phi) is 6.08. The molecular formula is C19H25N5O3. The van der Waals surface area contributed by atoms with Gasteiger partial charge in [0.05, 0.1) is 5.69 Å². The number of hydrogen-bond acceptors (Lipinski definition) is 6. The Morgan fingerprint density at radius 2 is 1.78 bits per heavy atom. The Bertz CT molecular complexity index is 762. The lowest BCUT2D eigenvalue weighted by Gasteiger charge is -2.36. The summed E-state index contributed by atoms with van der Waals surface area (Å²) in [6, 6.07) is 10.3. The van der Waals surface area contributed by atoms with Gasteiger partial charge in [-0.25, -0.2) is 0 Å². The van der Waals surface area contributed by atoms with E-state index in [4.69, 9.17) is 4.52 Å². The zero-order valence-electron chi connectivity index (χ0n) is 15.7. The summed E-state index contributed by atoms with van der Waals surface area (Å²) in [6.45, 7) is 7.70. The SMILES string of the molecule is Cc1noc(C)c1C(=O)NNC(=O)CCN1CCN(c2ccccc2)CC1. The van der Waals surface area contributed by atoms with Gasteiger partial charge in [-0.05, 0) is 26.0 Å². The third kappa shape index (κ3) is 4.85. The number of rotatable bonds is 5. The number of hydrazine groups is 1. The van der Waals surface area contributed by atoms with Crippen LogP contribution < -0.4 is 15.8 Å². The molecule has 2 heterocycles. The van der Waals surface area contributed by atoms with E-state index in [-0.39, 0.29) is 5.91 Å². The molecule has 2 N–H and O–H groups in total. The monoisotopic (exact) mass is 371 g/mol. The second-order valence-corrected chi connectivity index (χ2v) is 6.62. The maximum Gasteiger partial charge on any atom is 0.275 e. The van der Waals surface area contributed by atoms with E-state index in [2.05, 4.69) is 37.9 Å². The van der Waals surface area contributed by atoms with Crippen molar-refractivity contribution in [3.05, 3.63) is 47.3 Å². The summed E-state index contributed by atoms with van der Waals surface area (Å²) < 4.78 is 4.96. The summed E-state index contributed by atoms with van der Waals surface area (Å²) in [5, 5.41) is 3.73. The number of amides is 2. The van der Waals surface area contributed by atoms with Crippen LogP contribution in [0.3, 0.4) is 0 Å². The minimum Gasteiger partial charge on any atom is -0.369 e. The minimum absolute atomic E-state index is 0.222. The molecule has 2 amide bonds. The van der Waals surface area contributed by atoms with Crippen molar-refractivity contribution < 1.29 is 14.1 Å². The van der Waals surface area contributed by atoms with Crippen LogP contribution in [0.25, 0.3) is 0 Å². The number of anilines is 1. The average Bonchev–Trinajstić information content (AvgIpc) is 3.04. The molecule has 0 aliphatic carbocycles. The quantitative estimate of drug-likeness (QED) is 0.769. The number of aromatic nitrogens is 1. The molecule has 27 heavy (non-hydrogen) atoms. The fraction of sp³-hybridized carbons (Fsp3) is 0.421. The molecule has 1 aliphatic heterocycles. The molecule has 0 unspecified atom stereocenters. The molecule has 1 saturated heterocycles. The van der Waals surface area contributed by atoms with Crippen LogP contribution in [0.2, 0.25) is 0 Å². The summed E-state index contributed by atoms with van der Waals surface area (Å²) in [5.74, 6) is -0.216. The summed E-state index contributed by atoms with van der Waals surface area (Å²) >= 11 is 0. The molecule has 8 nitrogen and oxygen atoms in total.